The lowest BCUT2D eigenvalue weighted by atomic mass is 10.2. The van der Waals surface area contributed by atoms with Crippen molar-refractivity contribution in [2.75, 3.05) is 11.9 Å². The summed E-state index contributed by atoms with van der Waals surface area (Å²) in [7, 11) is 0. The maximum Gasteiger partial charge on any atom is 0.126 e. The van der Waals surface area contributed by atoms with E-state index >= 15 is 0 Å². The second kappa shape index (κ2) is 5.20. The number of benzene rings is 1. The van der Waals surface area contributed by atoms with Gasteiger partial charge in [-0.1, -0.05) is 23.2 Å². The molecule has 1 aromatic carbocycles. The lowest BCUT2D eigenvalue weighted by molar-refractivity contribution is 0.628. The van der Waals surface area contributed by atoms with Crippen LogP contribution in [0.1, 0.15) is 6.92 Å². The molecule has 80 valence electrons. The molecule has 0 aliphatic carbocycles. The molecule has 0 aliphatic heterocycles. The van der Waals surface area contributed by atoms with E-state index in [2.05, 4.69) is 11.4 Å². The van der Waals surface area contributed by atoms with Gasteiger partial charge in [0.15, 0.2) is 0 Å². The van der Waals surface area contributed by atoms with E-state index in [1.54, 1.807) is 6.92 Å². The zero-order valence-corrected chi connectivity index (χ0v) is 9.53. The van der Waals surface area contributed by atoms with Crippen molar-refractivity contribution < 1.29 is 4.39 Å². The van der Waals surface area contributed by atoms with E-state index in [4.69, 9.17) is 28.5 Å². The predicted octanol–water partition coefficient (Wildman–Crippen LogP) is 3.70. The highest BCUT2D eigenvalue weighted by atomic mass is 35.5. The first-order chi connectivity index (χ1) is 7.04. The summed E-state index contributed by atoms with van der Waals surface area (Å²) in [5.74, 6) is -0.647. The Morgan fingerprint density at radius 2 is 2.00 bits per heavy atom. The largest absolute Gasteiger partial charge is 0.381 e. The first-order valence-electron chi connectivity index (χ1n) is 4.32. The molecule has 1 atom stereocenters. The molecule has 1 rings (SSSR count). The van der Waals surface area contributed by atoms with Crippen LogP contribution in [0.5, 0.6) is 0 Å². The molecule has 2 nitrogen and oxygen atoms in total. The number of nitrogens with zero attached hydrogens (tertiary/aromatic N) is 1. The Kier molecular flexibility index (Phi) is 4.19. The van der Waals surface area contributed by atoms with E-state index in [1.165, 1.54) is 12.1 Å². The average molecular weight is 247 g/mol. The standard InChI is InChI=1S/C10H9Cl2FN2/c1-6(4-14)5-15-10-8(11)2-7(13)3-9(10)12/h2-3,6,15H,5H2,1H3. The van der Waals surface area contributed by atoms with E-state index in [9.17, 15) is 4.39 Å². The molecule has 1 N–H and O–H groups in total. The summed E-state index contributed by atoms with van der Waals surface area (Å²) >= 11 is 11.6. The molecule has 0 bridgehead atoms. The highest BCUT2D eigenvalue weighted by Crippen LogP contribution is 2.31. The number of halogens is 3. The summed E-state index contributed by atoms with van der Waals surface area (Å²) < 4.78 is 12.8. The Morgan fingerprint density at radius 1 is 1.47 bits per heavy atom. The van der Waals surface area contributed by atoms with Crippen molar-refractivity contribution in [1.29, 1.82) is 5.26 Å². The molecule has 0 spiro atoms. The number of anilines is 1. The van der Waals surface area contributed by atoms with E-state index < -0.39 is 5.82 Å². The summed E-state index contributed by atoms with van der Waals surface area (Å²) in [5.41, 5.74) is 0.460. The summed E-state index contributed by atoms with van der Waals surface area (Å²) in [4.78, 5) is 0. The molecule has 0 saturated carbocycles. The molecule has 0 radical (unpaired) electrons. The maximum atomic E-state index is 12.8. The van der Waals surface area contributed by atoms with Crippen LogP contribution in [0.15, 0.2) is 12.1 Å². The zero-order valence-electron chi connectivity index (χ0n) is 8.02. The third kappa shape index (κ3) is 3.26. The fourth-order valence-electron chi connectivity index (χ4n) is 1.01. The second-order valence-electron chi connectivity index (χ2n) is 3.16. The van der Waals surface area contributed by atoms with Crippen LogP contribution in [0.3, 0.4) is 0 Å². The monoisotopic (exact) mass is 246 g/mol. The lowest BCUT2D eigenvalue weighted by Gasteiger charge is -2.11. The molecular weight excluding hydrogens is 238 g/mol. The number of nitriles is 1. The van der Waals surface area contributed by atoms with Gasteiger partial charge in [0.05, 0.1) is 27.7 Å². The quantitative estimate of drug-likeness (QED) is 0.883. The fourth-order valence-corrected chi connectivity index (χ4v) is 1.61. The van der Waals surface area contributed by atoms with Gasteiger partial charge in [0.2, 0.25) is 0 Å². The molecule has 0 fully saturated rings. The van der Waals surface area contributed by atoms with Gasteiger partial charge in [-0.25, -0.2) is 4.39 Å². The van der Waals surface area contributed by atoms with Gasteiger partial charge in [0.1, 0.15) is 5.82 Å². The molecule has 1 aromatic rings. The van der Waals surface area contributed by atoms with Crippen LogP contribution in [0.2, 0.25) is 10.0 Å². The van der Waals surface area contributed by atoms with Crippen LogP contribution in [0.25, 0.3) is 0 Å². The van der Waals surface area contributed by atoms with Gasteiger partial charge >= 0.3 is 0 Å². The first-order valence-corrected chi connectivity index (χ1v) is 5.08. The minimum Gasteiger partial charge on any atom is -0.381 e. The van der Waals surface area contributed by atoms with E-state index in [0.717, 1.165) is 0 Å². The van der Waals surface area contributed by atoms with Crippen molar-refractivity contribution in [1.82, 2.24) is 0 Å². The normalized spacial score (nSPS) is 11.9. The Morgan fingerprint density at radius 3 is 2.47 bits per heavy atom. The van der Waals surface area contributed by atoms with Crippen LogP contribution in [0.4, 0.5) is 10.1 Å². The van der Waals surface area contributed by atoms with Crippen molar-refractivity contribution in [3.05, 3.63) is 28.0 Å². The Hall–Kier alpha value is -0.980. The summed E-state index contributed by atoms with van der Waals surface area (Å²) in [6.45, 7) is 2.18. The van der Waals surface area contributed by atoms with Gasteiger partial charge in [-0.15, -0.1) is 0 Å². The van der Waals surface area contributed by atoms with Gasteiger partial charge in [0.25, 0.3) is 0 Å². The third-order valence-electron chi connectivity index (χ3n) is 1.81. The Balaban J connectivity index is 2.82. The molecule has 0 saturated heterocycles. The predicted molar refractivity (Wildman–Crippen MR) is 59.7 cm³/mol. The molecule has 15 heavy (non-hydrogen) atoms. The molecule has 0 aliphatic rings. The van der Waals surface area contributed by atoms with Crippen molar-refractivity contribution in [3.8, 4) is 6.07 Å². The summed E-state index contributed by atoms with van der Waals surface area (Å²) in [5, 5.41) is 11.9. The van der Waals surface area contributed by atoms with E-state index in [0.29, 0.717) is 12.2 Å². The van der Waals surface area contributed by atoms with Crippen molar-refractivity contribution in [3.63, 3.8) is 0 Å². The highest BCUT2D eigenvalue weighted by molar-refractivity contribution is 6.39. The summed E-state index contributed by atoms with van der Waals surface area (Å²) in [6, 6.07) is 4.41. The smallest absolute Gasteiger partial charge is 0.126 e. The van der Waals surface area contributed by atoms with Crippen molar-refractivity contribution in [2.24, 2.45) is 5.92 Å². The molecule has 0 aromatic heterocycles. The minimum absolute atomic E-state index is 0.165. The van der Waals surface area contributed by atoms with Crippen LogP contribution in [-0.2, 0) is 0 Å². The lowest BCUT2D eigenvalue weighted by Crippen LogP contribution is -2.10. The number of hydrogen-bond donors (Lipinski definition) is 1. The second-order valence-corrected chi connectivity index (χ2v) is 3.97. The number of rotatable bonds is 3. The van der Waals surface area contributed by atoms with Crippen LogP contribution < -0.4 is 5.32 Å². The number of nitrogens with one attached hydrogen (secondary N) is 1. The fraction of sp³-hybridized carbons (Fsp3) is 0.300. The van der Waals surface area contributed by atoms with Crippen molar-refractivity contribution >= 4 is 28.9 Å². The number of hydrogen-bond acceptors (Lipinski definition) is 2. The van der Waals surface area contributed by atoms with Gasteiger partial charge in [-0.05, 0) is 19.1 Å². The van der Waals surface area contributed by atoms with Crippen LogP contribution in [0, 0.1) is 23.1 Å². The minimum atomic E-state index is -0.483. The third-order valence-corrected chi connectivity index (χ3v) is 2.41. The van der Waals surface area contributed by atoms with E-state index in [-0.39, 0.29) is 16.0 Å². The van der Waals surface area contributed by atoms with Gasteiger partial charge in [0, 0.05) is 6.54 Å². The maximum absolute atomic E-state index is 12.8. The highest BCUT2D eigenvalue weighted by Gasteiger charge is 2.09. The summed E-state index contributed by atoms with van der Waals surface area (Å²) in [6.07, 6.45) is 0. The molecule has 0 heterocycles. The molecular formula is C10H9Cl2FN2. The topological polar surface area (TPSA) is 35.8 Å². The van der Waals surface area contributed by atoms with Gasteiger partial charge in [-0.2, -0.15) is 5.26 Å². The van der Waals surface area contributed by atoms with Crippen LogP contribution in [-0.4, -0.2) is 6.54 Å². The molecule has 5 heteroatoms. The first kappa shape index (κ1) is 12.1. The van der Waals surface area contributed by atoms with Gasteiger partial charge < -0.3 is 5.32 Å². The SMILES string of the molecule is CC(C#N)CNc1c(Cl)cc(F)cc1Cl. The Bertz CT molecular complexity index is 378. The Labute approximate surface area is 97.6 Å². The van der Waals surface area contributed by atoms with Gasteiger partial charge in [-0.3, -0.25) is 0 Å². The van der Waals surface area contributed by atoms with Crippen LogP contribution >= 0.6 is 23.2 Å². The average Bonchev–Trinajstić information content (AvgIpc) is 2.15. The molecule has 1 unspecified atom stereocenters. The zero-order chi connectivity index (χ0) is 11.4. The van der Waals surface area contributed by atoms with Crippen molar-refractivity contribution in [2.45, 2.75) is 6.92 Å². The van der Waals surface area contributed by atoms with E-state index in [1.807, 2.05) is 0 Å². The molecule has 0 amide bonds.